The predicted octanol–water partition coefficient (Wildman–Crippen LogP) is 4.26. The number of hydrogen-bond acceptors (Lipinski definition) is 2. The Morgan fingerprint density at radius 2 is 1.58 bits per heavy atom. The zero-order valence-corrected chi connectivity index (χ0v) is 17.7. The van der Waals surface area contributed by atoms with E-state index in [0.29, 0.717) is 18.5 Å². The lowest BCUT2D eigenvalue weighted by atomic mass is 10.1. The van der Waals surface area contributed by atoms with Crippen LogP contribution in [0.2, 0.25) is 0 Å². The predicted molar refractivity (Wildman–Crippen MR) is 119 cm³/mol. The highest BCUT2D eigenvalue weighted by molar-refractivity contribution is 5.97. The van der Waals surface area contributed by atoms with E-state index in [2.05, 4.69) is 39.7 Å². The average Bonchev–Trinajstić information content (AvgIpc) is 2.61. The zero-order valence-electron chi connectivity index (χ0n) is 16.0. The molecule has 0 aliphatic rings. The molecule has 5 nitrogen and oxygen atoms in total. The molecule has 0 fully saturated rings. The molecule has 0 aliphatic carbocycles. The summed E-state index contributed by atoms with van der Waals surface area (Å²) in [5, 5.41) is 6.25. The van der Waals surface area contributed by atoms with Gasteiger partial charge in [0.2, 0.25) is 0 Å². The van der Waals surface area contributed by atoms with Crippen molar-refractivity contribution >= 4 is 36.7 Å². The summed E-state index contributed by atoms with van der Waals surface area (Å²) in [6.07, 6.45) is 8.94. The maximum atomic E-state index is 5.92. The molecule has 4 N–H and O–H groups in total. The molecular weight excluding hydrogens is 369 g/mol. The van der Waals surface area contributed by atoms with Gasteiger partial charge in [0, 0.05) is 20.1 Å². The Bertz CT molecular complexity index is 492. The maximum Gasteiger partial charge on any atom is 0.198 e. The number of benzene rings is 1. The first-order chi connectivity index (χ1) is 11.8. The second-order valence-corrected chi connectivity index (χ2v) is 5.92. The number of nitrogens with one attached hydrogen (secondary N) is 2. The van der Waals surface area contributed by atoms with E-state index in [9.17, 15) is 0 Å². The number of guanidine groups is 2. The Morgan fingerprint density at radius 1 is 0.962 bits per heavy atom. The summed E-state index contributed by atoms with van der Waals surface area (Å²) < 4.78 is 0. The Labute approximate surface area is 171 Å². The molecule has 0 spiro atoms. The SMILES string of the molecule is CCCCCCCCCN=C(N)NC(=NC)NCc1ccccc1.Cl.Cl. The summed E-state index contributed by atoms with van der Waals surface area (Å²) in [6, 6.07) is 10.2. The number of rotatable bonds is 10. The maximum absolute atomic E-state index is 5.92. The molecule has 0 atom stereocenters. The van der Waals surface area contributed by atoms with Crippen LogP contribution in [0.1, 0.15) is 57.4 Å². The summed E-state index contributed by atoms with van der Waals surface area (Å²) in [7, 11) is 1.73. The largest absolute Gasteiger partial charge is 0.370 e. The minimum Gasteiger partial charge on any atom is -0.370 e. The van der Waals surface area contributed by atoms with E-state index in [1.165, 1.54) is 44.1 Å². The zero-order chi connectivity index (χ0) is 17.5. The summed E-state index contributed by atoms with van der Waals surface area (Å²) in [4.78, 5) is 8.53. The molecule has 0 aromatic heterocycles. The van der Waals surface area contributed by atoms with Gasteiger partial charge < -0.3 is 11.1 Å². The van der Waals surface area contributed by atoms with Crippen molar-refractivity contribution in [2.24, 2.45) is 15.7 Å². The van der Waals surface area contributed by atoms with Gasteiger partial charge in [-0.15, -0.1) is 24.8 Å². The molecule has 0 radical (unpaired) electrons. The molecule has 0 unspecified atom stereocenters. The molecule has 0 heterocycles. The van der Waals surface area contributed by atoms with Gasteiger partial charge in [-0.1, -0.05) is 75.8 Å². The fourth-order valence-corrected chi connectivity index (χ4v) is 2.39. The van der Waals surface area contributed by atoms with Crippen LogP contribution in [0, 0.1) is 0 Å². The van der Waals surface area contributed by atoms with Gasteiger partial charge in [-0.3, -0.25) is 15.3 Å². The van der Waals surface area contributed by atoms with Gasteiger partial charge in [-0.25, -0.2) is 0 Å². The molecular formula is C19H35Cl2N5. The van der Waals surface area contributed by atoms with Gasteiger partial charge in [-0.2, -0.15) is 0 Å². The molecule has 0 saturated heterocycles. The summed E-state index contributed by atoms with van der Waals surface area (Å²) in [5.74, 6) is 1.06. The number of aliphatic imine (C=N–C) groups is 2. The number of hydrogen-bond donors (Lipinski definition) is 3. The highest BCUT2D eigenvalue weighted by atomic mass is 35.5. The Hall–Kier alpha value is -1.46. The van der Waals surface area contributed by atoms with E-state index in [4.69, 9.17) is 5.73 Å². The van der Waals surface area contributed by atoms with E-state index in [-0.39, 0.29) is 24.8 Å². The Morgan fingerprint density at radius 3 is 2.19 bits per heavy atom. The highest BCUT2D eigenvalue weighted by Gasteiger charge is 2.00. The van der Waals surface area contributed by atoms with Crippen molar-refractivity contribution < 1.29 is 0 Å². The van der Waals surface area contributed by atoms with Crippen molar-refractivity contribution in [3.05, 3.63) is 35.9 Å². The Balaban J connectivity index is 0. The van der Waals surface area contributed by atoms with Crippen LogP contribution in [0.5, 0.6) is 0 Å². The van der Waals surface area contributed by atoms with Crippen LogP contribution in [0.15, 0.2) is 40.3 Å². The van der Waals surface area contributed by atoms with Crippen molar-refractivity contribution in [3.8, 4) is 0 Å². The monoisotopic (exact) mass is 403 g/mol. The third kappa shape index (κ3) is 13.8. The lowest BCUT2D eigenvalue weighted by molar-refractivity contribution is 0.593. The molecule has 1 aromatic carbocycles. The standard InChI is InChI=1S/C19H33N5.2ClH/c1-3-4-5-6-7-8-12-15-22-18(20)24-19(21-2)23-16-17-13-10-9-11-14-17;;/h9-11,13-14H,3-8,12,15-16H2,1-2H3,(H4,20,21,22,23,24);2*1H. The van der Waals surface area contributed by atoms with E-state index in [1.807, 2.05) is 18.2 Å². The van der Waals surface area contributed by atoms with Gasteiger partial charge >= 0.3 is 0 Å². The fourth-order valence-electron chi connectivity index (χ4n) is 2.39. The lowest BCUT2D eigenvalue weighted by Gasteiger charge is -2.11. The molecule has 1 rings (SSSR count). The third-order valence-electron chi connectivity index (χ3n) is 3.82. The summed E-state index contributed by atoms with van der Waals surface area (Å²) in [5.41, 5.74) is 7.11. The van der Waals surface area contributed by atoms with E-state index >= 15 is 0 Å². The van der Waals surface area contributed by atoms with E-state index in [0.717, 1.165) is 13.0 Å². The van der Waals surface area contributed by atoms with Crippen LogP contribution < -0.4 is 16.4 Å². The molecule has 26 heavy (non-hydrogen) atoms. The van der Waals surface area contributed by atoms with Crippen LogP contribution in [0.25, 0.3) is 0 Å². The van der Waals surface area contributed by atoms with Gasteiger partial charge in [0.25, 0.3) is 0 Å². The van der Waals surface area contributed by atoms with E-state index < -0.39 is 0 Å². The topological polar surface area (TPSA) is 74.8 Å². The van der Waals surface area contributed by atoms with Crippen molar-refractivity contribution in [2.45, 2.75) is 58.4 Å². The van der Waals surface area contributed by atoms with Crippen LogP contribution in [-0.2, 0) is 6.54 Å². The van der Waals surface area contributed by atoms with Crippen LogP contribution in [0.3, 0.4) is 0 Å². The highest BCUT2D eigenvalue weighted by Crippen LogP contribution is 2.06. The number of nitrogens with zero attached hydrogens (tertiary/aromatic N) is 2. The molecule has 150 valence electrons. The molecule has 0 aliphatic heterocycles. The third-order valence-corrected chi connectivity index (χ3v) is 3.82. The van der Waals surface area contributed by atoms with Gasteiger partial charge in [0.15, 0.2) is 11.9 Å². The molecule has 7 heteroatoms. The first-order valence-corrected chi connectivity index (χ1v) is 9.07. The first-order valence-electron chi connectivity index (χ1n) is 9.07. The minimum absolute atomic E-state index is 0. The summed E-state index contributed by atoms with van der Waals surface area (Å²) in [6.45, 7) is 3.71. The number of unbranched alkanes of at least 4 members (excludes halogenated alkanes) is 6. The second kappa shape index (κ2) is 18.3. The molecule has 1 aromatic rings. The molecule has 0 bridgehead atoms. The first kappa shape index (κ1) is 26.8. The minimum atomic E-state index is 0. The normalized spacial score (nSPS) is 11.3. The molecule has 0 amide bonds. The van der Waals surface area contributed by atoms with Gasteiger partial charge in [0.1, 0.15) is 0 Å². The van der Waals surface area contributed by atoms with Gasteiger partial charge in [-0.05, 0) is 12.0 Å². The number of nitrogens with two attached hydrogens (primary N) is 1. The van der Waals surface area contributed by atoms with Crippen molar-refractivity contribution in [1.82, 2.24) is 10.6 Å². The summed E-state index contributed by atoms with van der Waals surface area (Å²) >= 11 is 0. The van der Waals surface area contributed by atoms with Crippen LogP contribution in [0.4, 0.5) is 0 Å². The lowest BCUT2D eigenvalue weighted by Crippen LogP contribution is -2.44. The second-order valence-electron chi connectivity index (χ2n) is 5.92. The Kier molecular flexibility index (Phi) is 18.9. The van der Waals surface area contributed by atoms with Crippen molar-refractivity contribution in [1.29, 1.82) is 0 Å². The number of halogens is 2. The molecule has 0 saturated carbocycles. The quantitative estimate of drug-likeness (QED) is 0.310. The van der Waals surface area contributed by atoms with Gasteiger partial charge in [0.05, 0.1) is 0 Å². The van der Waals surface area contributed by atoms with Crippen LogP contribution >= 0.6 is 24.8 Å². The van der Waals surface area contributed by atoms with E-state index in [1.54, 1.807) is 7.05 Å². The average molecular weight is 404 g/mol. The van der Waals surface area contributed by atoms with Crippen molar-refractivity contribution in [3.63, 3.8) is 0 Å². The fraction of sp³-hybridized carbons (Fsp3) is 0.579. The van der Waals surface area contributed by atoms with Crippen molar-refractivity contribution in [2.75, 3.05) is 13.6 Å². The van der Waals surface area contributed by atoms with Crippen LogP contribution in [-0.4, -0.2) is 25.5 Å². The smallest absolute Gasteiger partial charge is 0.198 e.